The summed E-state index contributed by atoms with van der Waals surface area (Å²) >= 11 is 0. The Morgan fingerprint density at radius 1 is 1.64 bits per heavy atom. The number of rotatable bonds is 5. The lowest BCUT2D eigenvalue weighted by Crippen LogP contribution is -2.31. The van der Waals surface area contributed by atoms with Crippen LogP contribution in [0.4, 0.5) is 0 Å². The van der Waals surface area contributed by atoms with E-state index in [9.17, 15) is 4.79 Å². The number of aromatic nitrogens is 1. The molecular weight excluding hydrogens is 176 g/mol. The average molecular weight is 190 g/mol. The first-order chi connectivity index (χ1) is 6.74. The molecule has 0 bridgehead atoms. The van der Waals surface area contributed by atoms with E-state index in [1.807, 2.05) is 18.2 Å². The molecule has 1 heterocycles. The number of hydrogen-bond donors (Lipinski definition) is 1. The Morgan fingerprint density at radius 2 is 2.43 bits per heavy atom. The molecule has 3 heteroatoms. The van der Waals surface area contributed by atoms with Crippen LogP contribution in [0.15, 0.2) is 37.1 Å². The molecule has 0 radical (unpaired) electrons. The highest BCUT2D eigenvalue weighted by Crippen LogP contribution is 1.99. The van der Waals surface area contributed by atoms with E-state index < -0.39 is 6.04 Å². The summed E-state index contributed by atoms with van der Waals surface area (Å²) in [4.78, 5) is 15.5. The van der Waals surface area contributed by atoms with Crippen LogP contribution in [0.2, 0.25) is 0 Å². The molecule has 1 aromatic heterocycles. The molecule has 3 nitrogen and oxygen atoms in total. The zero-order valence-electron chi connectivity index (χ0n) is 8.02. The Bertz CT molecular complexity index is 308. The summed E-state index contributed by atoms with van der Waals surface area (Å²) in [7, 11) is 0. The minimum absolute atomic E-state index is 0.00333. The number of hydrogen-bond acceptors (Lipinski definition) is 3. The number of carbonyl (C=O) groups is 1. The Morgan fingerprint density at radius 3 is 3.00 bits per heavy atom. The Balaban J connectivity index is 2.53. The molecule has 0 amide bonds. The van der Waals surface area contributed by atoms with Gasteiger partial charge in [0, 0.05) is 11.9 Å². The maximum absolute atomic E-state index is 11.5. The molecule has 1 aromatic rings. The van der Waals surface area contributed by atoms with Gasteiger partial charge < -0.3 is 5.73 Å². The summed E-state index contributed by atoms with van der Waals surface area (Å²) < 4.78 is 0. The van der Waals surface area contributed by atoms with Crippen LogP contribution in [0, 0.1) is 0 Å². The van der Waals surface area contributed by atoms with Gasteiger partial charge in [0.15, 0.2) is 5.78 Å². The van der Waals surface area contributed by atoms with Crippen LogP contribution in [0.1, 0.15) is 12.1 Å². The maximum atomic E-state index is 11.5. The van der Waals surface area contributed by atoms with Crippen LogP contribution in [0.3, 0.4) is 0 Å². The van der Waals surface area contributed by atoms with Gasteiger partial charge in [-0.15, -0.1) is 6.58 Å². The van der Waals surface area contributed by atoms with Crippen LogP contribution in [0.25, 0.3) is 0 Å². The third kappa shape index (κ3) is 3.11. The second-order valence-electron chi connectivity index (χ2n) is 3.10. The smallest absolute Gasteiger partial charge is 0.155 e. The zero-order chi connectivity index (χ0) is 10.4. The number of nitrogens with two attached hydrogens (primary N) is 1. The number of carbonyl (C=O) groups excluding carboxylic acids is 1. The van der Waals surface area contributed by atoms with Gasteiger partial charge in [-0.25, -0.2) is 0 Å². The third-order valence-corrected chi connectivity index (χ3v) is 1.92. The van der Waals surface area contributed by atoms with E-state index in [1.54, 1.807) is 12.3 Å². The zero-order valence-corrected chi connectivity index (χ0v) is 8.02. The molecular formula is C11H14N2O. The number of ketones is 1. The molecule has 0 spiro atoms. The van der Waals surface area contributed by atoms with Crippen molar-refractivity contribution in [1.29, 1.82) is 0 Å². The highest BCUT2D eigenvalue weighted by molar-refractivity contribution is 5.85. The molecule has 0 aliphatic carbocycles. The summed E-state index contributed by atoms with van der Waals surface area (Å²) in [5.41, 5.74) is 6.39. The average Bonchev–Trinajstić information content (AvgIpc) is 2.19. The standard InChI is InChI=1S/C11H14N2O/c1-2-5-10(12)11(14)8-9-6-3-4-7-13-9/h2-4,6-7,10H,1,5,8,12H2. The first-order valence-electron chi connectivity index (χ1n) is 4.53. The minimum Gasteiger partial charge on any atom is -0.321 e. The quantitative estimate of drug-likeness (QED) is 0.707. The van der Waals surface area contributed by atoms with Crippen molar-refractivity contribution < 1.29 is 4.79 Å². The van der Waals surface area contributed by atoms with E-state index in [2.05, 4.69) is 11.6 Å². The number of nitrogens with zero attached hydrogens (tertiary/aromatic N) is 1. The van der Waals surface area contributed by atoms with Crippen molar-refractivity contribution in [2.75, 3.05) is 0 Å². The van der Waals surface area contributed by atoms with Crippen LogP contribution in [0.5, 0.6) is 0 Å². The van der Waals surface area contributed by atoms with Crippen LogP contribution < -0.4 is 5.73 Å². The van der Waals surface area contributed by atoms with Crippen LogP contribution in [-0.4, -0.2) is 16.8 Å². The van der Waals surface area contributed by atoms with Crippen molar-refractivity contribution in [2.24, 2.45) is 5.73 Å². The van der Waals surface area contributed by atoms with E-state index in [4.69, 9.17) is 5.73 Å². The first-order valence-corrected chi connectivity index (χ1v) is 4.53. The minimum atomic E-state index is -0.450. The first kappa shape index (κ1) is 10.6. The lowest BCUT2D eigenvalue weighted by molar-refractivity contribution is -0.119. The van der Waals surface area contributed by atoms with Crippen LogP contribution in [-0.2, 0) is 11.2 Å². The van der Waals surface area contributed by atoms with Crippen LogP contribution >= 0.6 is 0 Å². The summed E-state index contributed by atoms with van der Waals surface area (Å²) in [5, 5.41) is 0. The van der Waals surface area contributed by atoms with Gasteiger partial charge in [0.25, 0.3) is 0 Å². The van der Waals surface area contributed by atoms with Gasteiger partial charge >= 0.3 is 0 Å². The number of Topliss-reactive ketones (excluding diaryl/α,β-unsaturated/α-hetero) is 1. The SMILES string of the molecule is C=CCC(N)C(=O)Cc1ccccn1. The monoisotopic (exact) mass is 190 g/mol. The molecule has 1 unspecified atom stereocenters. The molecule has 0 aliphatic heterocycles. The Hall–Kier alpha value is -1.48. The van der Waals surface area contributed by atoms with Gasteiger partial charge in [-0.2, -0.15) is 0 Å². The summed E-state index contributed by atoms with van der Waals surface area (Å²) in [5.74, 6) is 0.00333. The number of pyridine rings is 1. The third-order valence-electron chi connectivity index (χ3n) is 1.92. The molecule has 2 N–H and O–H groups in total. The van der Waals surface area contributed by atoms with E-state index in [0.29, 0.717) is 12.8 Å². The predicted molar refractivity (Wildman–Crippen MR) is 55.7 cm³/mol. The molecule has 1 rings (SSSR count). The van der Waals surface area contributed by atoms with Crippen molar-refractivity contribution in [3.8, 4) is 0 Å². The lowest BCUT2D eigenvalue weighted by atomic mass is 10.1. The fourth-order valence-corrected chi connectivity index (χ4v) is 1.12. The topological polar surface area (TPSA) is 56.0 Å². The maximum Gasteiger partial charge on any atom is 0.155 e. The van der Waals surface area contributed by atoms with E-state index in [1.165, 1.54) is 0 Å². The van der Waals surface area contributed by atoms with Gasteiger partial charge in [0.05, 0.1) is 12.5 Å². The van der Waals surface area contributed by atoms with Crippen molar-refractivity contribution in [2.45, 2.75) is 18.9 Å². The molecule has 14 heavy (non-hydrogen) atoms. The molecule has 0 aromatic carbocycles. The summed E-state index contributed by atoms with van der Waals surface area (Å²) in [6.07, 6.45) is 4.14. The summed E-state index contributed by atoms with van der Waals surface area (Å²) in [6, 6.07) is 5.04. The van der Waals surface area contributed by atoms with Gasteiger partial charge in [-0.3, -0.25) is 9.78 Å². The highest BCUT2D eigenvalue weighted by atomic mass is 16.1. The molecule has 0 fully saturated rings. The van der Waals surface area contributed by atoms with Crippen molar-refractivity contribution in [3.63, 3.8) is 0 Å². The van der Waals surface area contributed by atoms with E-state index >= 15 is 0 Å². The fraction of sp³-hybridized carbons (Fsp3) is 0.273. The normalized spacial score (nSPS) is 12.1. The second kappa shape index (κ2) is 5.29. The molecule has 0 saturated carbocycles. The van der Waals surface area contributed by atoms with Gasteiger partial charge in [-0.1, -0.05) is 12.1 Å². The van der Waals surface area contributed by atoms with Gasteiger partial charge in [0.2, 0.25) is 0 Å². The lowest BCUT2D eigenvalue weighted by Gasteiger charge is -2.06. The Kier molecular flexibility index (Phi) is 4.01. The van der Waals surface area contributed by atoms with Crippen molar-refractivity contribution in [3.05, 3.63) is 42.7 Å². The van der Waals surface area contributed by atoms with Gasteiger partial charge in [-0.05, 0) is 18.6 Å². The molecule has 1 atom stereocenters. The Labute approximate surface area is 83.7 Å². The highest BCUT2D eigenvalue weighted by Gasteiger charge is 2.12. The fourth-order valence-electron chi connectivity index (χ4n) is 1.12. The largest absolute Gasteiger partial charge is 0.321 e. The molecule has 0 aliphatic rings. The molecule has 0 saturated heterocycles. The van der Waals surface area contributed by atoms with Crippen molar-refractivity contribution >= 4 is 5.78 Å². The van der Waals surface area contributed by atoms with Gasteiger partial charge in [0.1, 0.15) is 0 Å². The molecule has 74 valence electrons. The summed E-state index contributed by atoms with van der Waals surface area (Å²) in [6.45, 7) is 3.54. The predicted octanol–water partition coefficient (Wildman–Crippen LogP) is 1.10. The van der Waals surface area contributed by atoms with Crippen molar-refractivity contribution in [1.82, 2.24) is 4.98 Å². The second-order valence-corrected chi connectivity index (χ2v) is 3.10. The van der Waals surface area contributed by atoms with E-state index in [0.717, 1.165) is 5.69 Å². The van der Waals surface area contributed by atoms with E-state index in [-0.39, 0.29) is 5.78 Å².